The van der Waals surface area contributed by atoms with E-state index in [9.17, 15) is 4.79 Å². The molecule has 0 radical (unpaired) electrons. The monoisotopic (exact) mass is 392 g/mol. The van der Waals surface area contributed by atoms with E-state index in [0.717, 1.165) is 21.8 Å². The Labute approximate surface area is 167 Å². The van der Waals surface area contributed by atoms with Crippen LogP contribution < -0.4 is 10.6 Å². The molecule has 3 aromatic rings. The summed E-state index contributed by atoms with van der Waals surface area (Å²) in [6.45, 7) is 2.82. The maximum absolute atomic E-state index is 11.9. The molecule has 0 saturated carbocycles. The fourth-order valence-corrected chi connectivity index (χ4v) is 3.60. The molecule has 0 saturated heterocycles. The number of benzene rings is 2. The number of amides is 1. The molecule has 1 heterocycles. The van der Waals surface area contributed by atoms with Crippen molar-refractivity contribution in [3.63, 3.8) is 0 Å². The fraction of sp³-hybridized carbons (Fsp3) is 0.190. The van der Waals surface area contributed by atoms with E-state index in [0.29, 0.717) is 13.2 Å². The molecule has 28 heavy (non-hydrogen) atoms. The Kier molecular flexibility index (Phi) is 6.37. The van der Waals surface area contributed by atoms with E-state index in [1.807, 2.05) is 36.4 Å². The summed E-state index contributed by atoms with van der Waals surface area (Å²) >= 11 is 1.66. The number of nitriles is 1. The number of hydrogen-bond donors (Lipinski definition) is 2. The number of hydrogen-bond acceptors (Lipinski definition) is 6. The summed E-state index contributed by atoms with van der Waals surface area (Å²) in [5, 5.41) is 15.7. The van der Waals surface area contributed by atoms with E-state index in [4.69, 9.17) is 10.00 Å². The molecule has 0 aliphatic rings. The van der Waals surface area contributed by atoms with E-state index in [1.54, 1.807) is 18.4 Å². The topological polar surface area (TPSA) is 87.0 Å². The second-order valence-electron chi connectivity index (χ2n) is 6.13. The largest absolute Gasteiger partial charge is 0.383 e. The highest BCUT2D eigenvalue weighted by Gasteiger charge is 2.09. The lowest BCUT2D eigenvalue weighted by molar-refractivity contribution is -0.117. The van der Waals surface area contributed by atoms with Crippen LogP contribution in [0.15, 0.2) is 54.2 Å². The van der Waals surface area contributed by atoms with E-state index in [-0.39, 0.29) is 5.57 Å². The standard InChI is InChI=1S/C21H20N4O2S/c1-14-3-8-18-19(11-14)28-21(25-18)15-4-6-17(7-5-15)24-13-16(12-22)20(26)23-9-10-27-2/h3-8,11,13,24H,9-10H2,1-2H3,(H,23,26)/b16-13-. The van der Waals surface area contributed by atoms with Crippen molar-refractivity contribution in [2.24, 2.45) is 0 Å². The lowest BCUT2D eigenvalue weighted by atomic mass is 10.2. The van der Waals surface area contributed by atoms with Gasteiger partial charge in [-0.15, -0.1) is 11.3 Å². The number of nitrogens with zero attached hydrogens (tertiary/aromatic N) is 2. The van der Waals surface area contributed by atoms with Gasteiger partial charge in [-0.3, -0.25) is 4.79 Å². The summed E-state index contributed by atoms with van der Waals surface area (Å²) in [6, 6.07) is 15.8. The van der Waals surface area contributed by atoms with Gasteiger partial charge in [0.15, 0.2) is 0 Å². The van der Waals surface area contributed by atoms with Crippen LogP contribution in [0.1, 0.15) is 5.56 Å². The van der Waals surface area contributed by atoms with Gasteiger partial charge in [0.25, 0.3) is 5.91 Å². The molecule has 0 aliphatic carbocycles. The first-order valence-corrected chi connectivity index (χ1v) is 9.54. The molecule has 2 aromatic carbocycles. The molecule has 0 bridgehead atoms. The molecular formula is C21H20N4O2S. The molecule has 3 rings (SSSR count). The molecule has 0 spiro atoms. The second kappa shape index (κ2) is 9.13. The van der Waals surface area contributed by atoms with E-state index >= 15 is 0 Å². The highest BCUT2D eigenvalue weighted by Crippen LogP contribution is 2.31. The number of methoxy groups -OCH3 is 1. The Morgan fingerprint density at radius 3 is 2.79 bits per heavy atom. The van der Waals surface area contributed by atoms with Gasteiger partial charge in [0, 0.05) is 31.1 Å². The smallest absolute Gasteiger partial charge is 0.263 e. The third-order valence-corrected chi connectivity index (χ3v) is 5.08. The van der Waals surface area contributed by atoms with Gasteiger partial charge in [0.1, 0.15) is 16.6 Å². The lowest BCUT2D eigenvalue weighted by Crippen LogP contribution is -2.28. The molecule has 0 aliphatic heterocycles. The van der Waals surface area contributed by atoms with Crippen LogP contribution in [0, 0.1) is 18.3 Å². The number of aryl methyl sites for hydroxylation is 1. The molecule has 1 amide bonds. The van der Waals surface area contributed by atoms with E-state index < -0.39 is 5.91 Å². The van der Waals surface area contributed by atoms with Crippen LogP contribution >= 0.6 is 11.3 Å². The molecule has 7 heteroatoms. The summed E-state index contributed by atoms with van der Waals surface area (Å²) < 4.78 is 6.04. The number of thiazole rings is 1. The highest BCUT2D eigenvalue weighted by atomic mass is 32.1. The number of anilines is 1. The van der Waals surface area contributed by atoms with Gasteiger partial charge in [-0.1, -0.05) is 6.07 Å². The van der Waals surface area contributed by atoms with Gasteiger partial charge in [-0.2, -0.15) is 5.26 Å². The van der Waals surface area contributed by atoms with Crippen molar-refractivity contribution in [1.82, 2.24) is 10.3 Å². The predicted molar refractivity (Wildman–Crippen MR) is 112 cm³/mol. The number of nitrogens with one attached hydrogen (secondary N) is 2. The molecule has 6 nitrogen and oxygen atoms in total. The second-order valence-corrected chi connectivity index (χ2v) is 7.16. The number of carbonyl (C=O) groups excluding carboxylic acids is 1. The third-order valence-electron chi connectivity index (χ3n) is 4.02. The minimum Gasteiger partial charge on any atom is -0.383 e. The van der Waals surface area contributed by atoms with Gasteiger partial charge in [-0.05, 0) is 48.9 Å². The zero-order valence-electron chi connectivity index (χ0n) is 15.7. The van der Waals surface area contributed by atoms with Crippen LogP contribution in [-0.2, 0) is 9.53 Å². The summed E-state index contributed by atoms with van der Waals surface area (Å²) in [6.07, 6.45) is 1.40. The van der Waals surface area contributed by atoms with Gasteiger partial charge in [0.05, 0.1) is 16.8 Å². The summed E-state index contributed by atoms with van der Waals surface area (Å²) in [4.78, 5) is 16.6. The number of ether oxygens (including phenoxy) is 1. The van der Waals surface area contributed by atoms with Crippen molar-refractivity contribution < 1.29 is 9.53 Å². The summed E-state index contributed by atoms with van der Waals surface area (Å²) in [7, 11) is 1.55. The quantitative estimate of drug-likeness (QED) is 0.362. The van der Waals surface area contributed by atoms with E-state index in [2.05, 4.69) is 34.7 Å². The van der Waals surface area contributed by atoms with Crippen LogP contribution in [0.25, 0.3) is 20.8 Å². The normalized spacial score (nSPS) is 11.2. The van der Waals surface area contributed by atoms with E-state index in [1.165, 1.54) is 16.5 Å². The van der Waals surface area contributed by atoms with Crippen molar-refractivity contribution in [2.45, 2.75) is 6.92 Å². The summed E-state index contributed by atoms with van der Waals surface area (Å²) in [5.41, 5.74) is 4.01. The number of carbonyl (C=O) groups is 1. The molecule has 0 fully saturated rings. The Morgan fingerprint density at radius 2 is 2.07 bits per heavy atom. The minimum atomic E-state index is -0.437. The Morgan fingerprint density at radius 1 is 1.29 bits per heavy atom. The zero-order chi connectivity index (χ0) is 19.9. The highest BCUT2D eigenvalue weighted by molar-refractivity contribution is 7.21. The van der Waals surface area contributed by atoms with Crippen LogP contribution in [-0.4, -0.2) is 31.2 Å². The first-order chi connectivity index (χ1) is 13.6. The fourth-order valence-electron chi connectivity index (χ4n) is 2.53. The van der Waals surface area contributed by atoms with Crippen molar-refractivity contribution in [3.05, 3.63) is 59.8 Å². The Hall–Kier alpha value is -3.21. The molecule has 1 aromatic heterocycles. The lowest BCUT2D eigenvalue weighted by Gasteiger charge is -2.05. The van der Waals surface area contributed by atoms with Crippen molar-refractivity contribution in [1.29, 1.82) is 5.26 Å². The predicted octanol–water partition coefficient (Wildman–Crippen LogP) is 3.85. The molecule has 2 N–H and O–H groups in total. The third kappa shape index (κ3) is 4.74. The van der Waals surface area contributed by atoms with Gasteiger partial charge < -0.3 is 15.4 Å². The Bertz CT molecular complexity index is 1050. The van der Waals surface area contributed by atoms with Crippen LogP contribution in [0.2, 0.25) is 0 Å². The van der Waals surface area contributed by atoms with Crippen LogP contribution in [0.3, 0.4) is 0 Å². The average Bonchev–Trinajstić information content (AvgIpc) is 3.12. The van der Waals surface area contributed by atoms with Crippen LogP contribution in [0.5, 0.6) is 0 Å². The van der Waals surface area contributed by atoms with Gasteiger partial charge in [0.2, 0.25) is 0 Å². The minimum absolute atomic E-state index is 0.00159. The number of aromatic nitrogens is 1. The molecule has 142 valence electrons. The van der Waals surface area contributed by atoms with Crippen LogP contribution in [0.4, 0.5) is 5.69 Å². The first kappa shape index (κ1) is 19.5. The number of fused-ring (bicyclic) bond motifs is 1. The van der Waals surface area contributed by atoms with Gasteiger partial charge >= 0.3 is 0 Å². The van der Waals surface area contributed by atoms with Crippen molar-refractivity contribution in [3.8, 4) is 16.6 Å². The Balaban J connectivity index is 1.69. The maximum atomic E-state index is 11.9. The SMILES string of the molecule is COCCNC(=O)/C(C#N)=C\Nc1ccc(-c2nc3ccc(C)cc3s2)cc1. The molecular weight excluding hydrogens is 372 g/mol. The number of rotatable bonds is 7. The van der Waals surface area contributed by atoms with Crippen molar-refractivity contribution in [2.75, 3.05) is 25.6 Å². The molecule has 0 unspecified atom stereocenters. The maximum Gasteiger partial charge on any atom is 0.263 e. The zero-order valence-corrected chi connectivity index (χ0v) is 16.5. The average molecular weight is 392 g/mol. The van der Waals surface area contributed by atoms with Gasteiger partial charge in [-0.25, -0.2) is 4.98 Å². The molecule has 0 atom stereocenters. The van der Waals surface area contributed by atoms with Crippen molar-refractivity contribution >= 4 is 33.1 Å². The first-order valence-electron chi connectivity index (χ1n) is 8.72. The summed E-state index contributed by atoms with van der Waals surface area (Å²) in [5.74, 6) is -0.437.